The molecule has 1 heterocycles. The zero-order valence-corrected chi connectivity index (χ0v) is 15.4. The topological polar surface area (TPSA) is 75.4 Å². The van der Waals surface area contributed by atoms with Crippen LogP contribution in [0.3, 0.4) is 0 Å². The van der Waals surface area contributed by atoms with Crippen LogP contribution in [0.2, 0.25) is 0 Å². The van der Waals surface area contributed by atoms with Crippen molar-refractivity contribution >= 4 is 22.0 Å². The predicted octanol–water partition coefficient (Wildman–Crippen LogP) is 4.90. The van der Waals surface area contributed by atoms with Crippen molar-refractivity contribution in [2.24, 2.45) is 0 Å². The van der Waals surface area contributed by atoms with Gasteiger partial charge in [-0.25, -0.2) is 9.18 Å². The number of aromatic nitrogens is 1. The van der Waals surface area contributed by atoms with Crippen LogP contribution < -0.4 is 5.32 Å². The van der Waals surface area contributed by atoms with Gasteiger partial charge in [0.2, 0.25) is 0 Å². The first-order chi connectivity index (χ1) is 12.3. The second-order valence-corrected chi connectivity index (χ2v) is 6.70. The van der Waals surface area contributed by atoms with E-state index in [-0.39, 0.29) is 5.56 Å². The highest BCUT2D eigenvalue weighted by Crippen LogP contribution is 2.39. The van der Waals surface area contributed by atoms with Gasteiger partial charge in [0.15, 0.2) is 0 Å². The minimum atomic E-state index is -1.64. The number of amides is 1. The van der Waals surface area contributed by atoms with Gasteiger partial charge in [-0.3, -0.25) is 0 Å². The first-order valence-corrected chi connectivity index (χ1v) is 8.46. The average molecular weight is 418 g/mol. The Labute approximate surface area is 158 Å². The summed E-state index contributed by atoms with van der Waals surface area (Å²) >= 11 is 3.36. The largest absolute Gasteiger partial charge is 0.465 e. The number of aryl methyl sites for hydroxylation is 1. The molecule has 0 spiro atoms. The van der Waals surface area contributed by atoms with Crippen molar-refractivity contribution in [3.63, 3.8) is 0 Å². The summed E-state index contributed by atoms with van der Waals surface area (Å²) in [6, 6.07) is 13.1. The molecule has 1 unspecified atom stereocenters. The van der Waals surface area contributed by atoms with Crippen molar-refractivity contribution in [1.82, 2.24) is 10.5 Å². The monoisotopic (exact) mass is 417 g/mol. The SMILES string of the molecule is [CH2]C(NC(=O)O)(c1ccccc1F)c1c(-c2ccc(Br)cc2)noc1C. The molecule has 2 N–H and O–H groups in total. The van der Waals surface area contributed by atoms with Crippen molar-refractivity contribution in [2.45, 2.75) is 12.5 Å². The van der Waals surface area contributed by atoms with Gasteiger partial charge in [0.05, 0.1) is 5.56 Å². The van der Waals surface area contributed by atoms with E-state index in [1.165, 1.54) is 18.2 Å². The van der Waals surface area contributed by atoms with Crippen molar-refractivity contribution in [3.05, 3.63) is 82.6 Å². The fourth-order valence-electron chi connectivity index (χ4n) is 2.93. The van der Waals surface area contributed by atoms with Crippen LogP contribution >= 0.6 is 15.9 Å². The summed E-state index contributed by atoms with van der Waals surface area (Å²) in [5.74, 6) is -0.242. The third-order valence-electron chi connectivity index (χ3n) is 4.06. The van der Waals surface area contributed by atoms with Gasteiger partial charge in [0.1, 0.15) is 22.8 Å². The molecule has 5 nitrogen and oxygen atoms in total. The molecule has 1 aromatic heterocycles. The molecule has 0 saturated carbocycles. The normalized spacial score (nSPS) is 13.2. The van der Waals surface area contributed by atoms with E-state index in [2.05, 4.69) is 33.3 Å². The number of hydrogen-bond donors (Lipinski definition) is 2. The fraction of sp³-hybridized carbons (Fsp3) is 0.105. The molecule has 2 aromatic carbocycles. The molecule has 3 rings (SSSR count). The van der Waals surface area contributed by atoms with Gasteiger partial charge in [-0.2, -0.15) is 0 Å². The van der Waals surface area contributed by atoms with E-state index in [0.717, 1.165) is 4.47 Å². The Hall–Kier alpha value is -2.67. The smallest absolute Gasteiger partial charge is 0.405 e. The van der Waals surface area contributed by atoms with Gasteiger partial charge in [-0.15, -0.1) is 0 Å². The zero-order chi connectivity index (χ0) is 18.9. The lowest BCUT2D eigenvalue weighted by Crippen LogP contribution is -2.45. The number of rotatable bonds is 4. The fourth-order valence-corrected chi connectivity index (χ4v) is 3.20. The molecule has 1 atom stereocenters. The molecule has 26 heavy (non-hydrogen) atoms. The minimum Gasteiger partial charge on any atom is -0.465 e. The number of nitrogens with one attached hydrogen (secondary N) is 1. The number of benzene rings is 2. The average Bonchev–Trinajstić information content (AvgIpc) is 2.97. The molecular formula is C19H15BrFN2O3. The maximum Gasteiger partial charge on any atom is 0.405 e. The molecular weight excluding hydrogens is 403 g/mol. The van der Waals surface area contributed by atoms with Gasteiger partial charge in [0, 0.05) is 15.6 Å². The van der Waals surface area contributed by atoms with Crippen LogP contribution in [0.25, 0.3) is 11.3 Å². The van der Waals surface area contributed by atoms with Crippen molar-refractivity contribution in [2.75, 3.05) is 0 Å². The lowest BCUT2D eigenvalue weighted by atomic mass is 9.82. The second kappa shape index (κ2) is 6.92. The zero-order valence-electron chi connectivity index (χ0n) is 13.8. The second-order valence-electron chi connectivity index (χ2n) is 5.78. The quantitative estimate of drug-likeness (QED) is 0.632. The van der Waals surface area contributed by atoms with E-state index in [4.69, 9.17) is 4.52 Å². The maximum atomic E-state index is 14.5. The van der Waals surface area contributed by atoms with E-state index in [9.17, 15) is 14.3 Å². The summed E-state index contributed by atoms with van der Waals surface area (Å²) in [6.45, 7) is 5.64. The molecule has 0 bridgehead atoms. The highest BCUT2D eigenvalue weighted by molar-refractivity contribution is 9.10. The number of halogens is 2. The Morgan fingerprint density at radius 2 is 1.92 bits per heavy atom. The number of carboxylic acid groups (broad SMARTS) is 1. The highest BCUT2D eigenvalue weighted by atomic mass is 79.9. The van der Waals surface area contributed by atoms with Crippen LogP contribution in [0.1, 0.15) is 16.9 Å². The molecule has 0 fully saturated rings. The number of nitrogens with zero attached hydrogens (tertiary/aromatic N) is 1. The summed E-state index contributed by atoms with van der Waals surface area (Å²) in [5.41, 5.74) is -0.123. The summed E-state index contributed by atoms with van der Waals surface area (Å²) in [6.07, 6.45) is -1.34. The summed E-state index contributed by atoms with van der Waals surface area (Å²) in [4.78, 5) is 11.5. The van der Waals surface area contributed by atoms with Crippen LogP contribution in [0.4, 0.5) is 9.18 Å². The molecule has 0 aliphatic rings. The summed E-state index contributed by atoms with van der Waals surface area (Å²) < 4.78 is 20.7. The summed E-state index contributed by atoms with van der Waals surface area (Å²) in [5, 5.41) is 15.8. The number of hydrogen-bond acceptors (Lipinski definition) is 3. The molecule has 0 aliphatic carbocycles. The highest BCUT2D eigenvalue weighted by Gasteiger charge is 2.39. The lowest BCUT2D eigenvalue weighted by molar-refractivity contribution is 0.186. The van der Waals surface area contributed by atoms with Gasteiger partial charge < -0.3 is 14.9 Å². The molecule has 0 saturated heterocycles. The third-order valence-corrected chi connectivity index (χ3v) is 4.59. The van der Waals surface area contributed by atoms with Crippen molar-refractivity contribution in [3.8, 4) is 11.3 Å². The van der Waals surface area contributed by atoms with E-state index >= 15 is 0 Å². The molecule has 1 radical (unpaired) electrons. The van der Waals surface area contributed by atoms with Crippen LogP contribution in [0.15, 0.2) is 57.5 Å². The Balaban J connectivity index is 2.26. The minimum absolute atomic E-state index is 0.0760. The van der Waals surface area contributed by atoms with Crippen molar-refractivity contribution < 1.29 is 18.8 Å². The van der Waals surface area contributed by atoms with Crippen LogP contribution in [0.5, 0.6) is 0 Å². The number of carbonyl (C=O) groups is 1. The third kappa shape index (κ3) is 3.22. The molecule has 133 valence electrons. The lowest BCUT2D eigenvalue weighted by Gasteiger charge is -2.30. The standard InChI is InChI=1S/C19H15BrFN2O3/c1-11-16(17(23-26-11)12-7-9-13(20)10-8-12)19(2,22-18(24)25)14-5-3-4-6-15(14)21/h3-10,22H,2H2,1H3,(H,24,25). The summed E-state index contributed by atoms with van der Waals surface area (Å²) in [7, 11) is 0. The van der Waals surface area contributed by atoms with Gasteiger partial charge in [-0.1, -0.05) is 51.4 Å². The first kappa shape index (κ1) is 18.1. The van der Waals surface area contributed by atoms with Gasteiger partial charge in [0.25, 0.3) is 0 Å². The van der Waals surface area contributed by atoms with Crippen molar-refractivity contribution in [1.29, 1.82) is 0 Å². The van der Waals surface area contributed by atoms with Gasteiger partial charge in [-0.05, 0) is 32.0 Å². The molecule has 3 aromatic rings. The van der Waals surface area contributed by atoms with E-state index in [0.29, 0.717) is 22.6 Å². The van der Waals surface area contributed by atoms with Crippen LogP contribution in [0, 0.1) is 19.7 Å². The Bertz CT molecular complexity index is 956. The van der Waals surface area contributed by atoms with E-state index in [1.807, 2.05) is 12.1 Å². The van der Waals surface area contributed by atoms with Crippen LogP contribution in [-0.4, -0.2) is 16.4 Å². The van der Waals surface area contributed by atoms with Gasteiger partial charge >= 0.3 is 6.09 Å². The molecule has 7 heteroatoms. The van der Waals surface area contributed by atoms with E-state index < -0.39 is 17.4 Å². The Kier molecular flexibility index (Phi) is 4.82. The predicted molar refractivity (Wildman–Crippen MR) is 98.1 cm³/mol. The maximum absolute atomic E-state index is 14.5. The van der Waals surface area contributed by atoms with Crippen LogP contribution in [-0.2, 0) is 5.54 Å². The molecule has 1 amide bonds. The Morgan fingerprint density at radius 1 is 1.27 bits per heavy atom. The first-order valence-electron chi connectivity index (χ1n) is 7.67. The molecule has 0 aliphatic heterocycles. The Morgan fingerprint density at radius 3 is 2.54 bits per heavy atom. The van der Waals surface area contributed by atoms with E-state index in [1.54, 1.807) is 25.1 Å².